The van der Waals surface area contributed by atoms with Crippen molar-refractivity contribution in [2.24, 2.45) is 0 Å². The van der Waals surface area contributed by atoms with E-state index in [1.165, 1.54) is 16.6 Å². The Balaban J connectivity index is 2.45. The quantitative estimate of drug-likeness (QED) is 0.456. The van der Waals surface area contributed by atoms with Gasteiger partial charge < -0.3 is 4.74 Å². The van der Waals surface area contributed by atoms with Gasteiger partial charge in [-0.25, -0.2) is 0 Å². The summed E-state index contributed by atoms with van der Waals surface area (Å²) in [4.78, 5) is 1.72. The van der Waals surface area contributed by atoms with E-state index in [9.17, 15) is 0 Å². The second-order valence-corrected chi connectivity index (χ2v) is 15.1. The lowest BCUT2D eigenvalue weighted by Crippen LogP contribution is -2.25. The zero-order valence-corrected chi connectivity index (χ0v) is 16.5. The lowest BCUT2D eigenvalue weighted by atomic mass is 9.98. The van der Waals surface area contributed by atoms with Crippen LogP contribution in [0.1, 0.15) is 41.5 Å². The van der Waals surface area contributed by atoms with E-state index in [0.717, 1.165) is 6.61 Å². The average molecular weight is 308 g/mol. The summed E-state index contributed by atoms with van der Waals surface area (Å²) in [6.07, 6.45) is 0. The molecule has 0 spiro atoms. The largest absolute Gasteiger partial charge is 0.493 e. The molecule has 0 aromatic carbocycles. The van der Waals surface area contributed by atoms with Crippen LogP contribution in [0.5, 0.6) is 0 Å². The topological polar surface area (TPSA) is 9.23 Å². The molecule has 2 rings (SSSR count). The SMILES string of the molecule is CCOC1=C([Si](C)(C)C)P1C1(C)C(C)=C(C)C(C)=C1C. The average Bonchev–Trinajstić information content (AvgIpc) is 3.06. The minimum absolute atomic E-state index is 0.226. The molecular weight excluding hydrogens is 279 g/mol. The third-order valence-corrected chi connectivity index (χ3v) is 12.5. The summed E-state index contributed by atoms with van der Waals surface area (Å²) in [6.45, 7) is 22.0. The van der Waals surface area contributed by atoms with Gasteiger partial charge in [0, 0.05) is 13.1 Å². The minimum atomic E-state index is -1.27. The summed E-state index contributed by atoms with van der Waals surface area (Å²) in [7, 11) is -1.50. The number of rotatable bonds is 4. The van der Waals surface area contributed by atoms with Crippen LogP contribution in [0.25, 0.3) is 0 Å². The Morgan fingerprint density at radius 3 is 1.80 bits per heavy atom. The van der Waals surface area contributed by atoms with E-state index in [4.69, 9.17) is 4.74 Å². The first-order valence-corrected chi connectivity index (χ1v) is 12.5. The van der Waals surface area contributed by atoms with E-state index in [1.54, 1.807) is 16.1 Å². The summed E-state index contributed by atoms with van der Waals surface area (Å²) >= 11 is 0. The minimum Gasteiger partial charge on any atom is -0.493 e. The summed E-state index contributed by atoms with van der Waals surface area (Å²) in [5.74, 6) is 0. The van der Waals surface area contributed by atoms with Crippen molar-refractivity contribution in [2.75, 3.05) is 6.61 Å². The molecule has 112 valence electrons. The molecule has 1 nitrogen and oxygen atoms in total. The summed E-state index contributed by atoms with van der Waals surface area (Å²) < 4.78 is 6.05. The van der Waals surface area contributed by atoms with Crippen molar-refractivity contribution in [2.45, 2.75) is 66.3 Å². The van der Waals surface area contributed by atoms with Gasteiger partial charge in [0.15, 0.2) is 0 Å². The number of hydrogen-bond acceptors (Lipinski definition) is 1. The third-order valence-electron chi connectivity index (χ3n) is 5.17. The Labute approximate surface area is 126 Å². The Bertz CT molecular complexity index is 522. The summed E-state index contributed by atoms with van der Waals surface area (Å²) in [5.41, 5.74) is 7.54. The van der Waals surface area contributed by atoms with Crippen molar-refractivity contribution in [3.63, 3.8) is 0 Å². The van der Waals surface area contributed by atoms with Crippen molar-refractivity contribution in [3.8, 4) is 0 Å². The highest BCUT2D eigenvalue weighted by molar-refractivity contribution is 7.79. The molecule has 2 aliphatic rings. The first kappa shape index (κ1) is 16.0. The zero-order valence-electron chi connectivity index (χ0n) is 14.6. The van der Waals surface area contributed by atoms with Gasteiger partial charge in [-0.05, 0) is 57.6 Å². The lowest BCUT2D eigenvalue weighted by molar-refractivity contribution is 0.261. The molecular formula is C17H29OPSi. The van der Waals surface area contributed by atoms with Crippen molar-refractivity contribution in [1.82, 2.24) is 0 Å². The van der Waals surface area contributed by atoms with Crippen LogP contribution >= 0.6 is 7.92 Å². The number of hydrogen-bond donors (Lipinski definition) is 0. The molecule has 20 heavy (non-hydrogen) atoms. The van der Waals surface area contributed by atoms with Gasteiger partial charge in [0.1, 0.15) is 5.50 Å². The van der Waals surface area contributed by atoms with Gasteiger partial charge in [-0.2, -0.15) is 0 Å². The molecule has 1 heterocycles. The summed E-state index contributed by atoms with van der Waals surface area (Å²) in [5, 5.41) is 0.226. The predicted octanol–water partition coefficient (Wildman–Crippen LogP) is 6.01. The fraction of sp³-hybridized carbons (Fsp3) is 0.647. The molecule has 1 atom stereocenters. The summed E-state index contributed by atoms with van der Waals surface area (Å²) in [6, 6.07) is 0. The molecule has 1 aliphatic heterocycles. The molecule has 0 amide bonds. The fourth-order valence-electron chi connectivity index (χ4n) is 3.41. The molecule has 0 saturated carbocycles. The van der Waals surface area contributed by atoms with E-state index < -0.39 is 8.07 Å². The molecule has 0 radical (unpaired) electrons. The first-order chi connectivity index (χ1) is 9.08. The van der Waals surface area contributed by atoms with Crippen molar-refractivity contribution in [1.29, 1.82) is 0 Å². The Hall–Kier alpha value is -0.333. The van der Waals surface area contributed by atoms with E-state index in [2.05, 4.69) is 61.2 Å². The first-order valence-electron chi connectivity index (χ1n) is 7.62. The van der Waals surface area contributed by atoms with E-state index in [0.29, 0.717) is 0 Å². The molecule has 0 fully saturated rings. The second-order valence-electron chi connectivity index (χ2n) is 7.24. The molecule has 0 N–H and O–H groups in total. The van der Waals surface area contributed by atoms with Crippen molar-refractivity contribution < 1.29 is 4.74 Å². The van der Waals surface area contributed by atoms with Crippen LogP contribution in [0.3, 0.4) is 0 Å². The van der Waals surface area contributed by atoms with Crippen LogP contribution in [0.2, 0.25) is 19.6 Å². The maximum Gasteiger partial charge on any atom is 0.123 e. The maximum absolute atomic E-state index is 6.05. The van der Waals surface area contributed by atoms with Crippen LogP contribution in [-0.4, -0.2) is 19.8 Å². The highest BCUT2D eigenvalue weighted by Gasteiger charge is 2.58. The fourth-order valence-corrected chi connectivity index (χ4v) is 11.6. The van der Waals surface area contributed by atoms with Gasteiger partial charge in [-0.1, -0.05) is 30.8 Å². The van der Waals surface area contributed by atoms with E-state index in [1.807, 2.05) is 0 Å². The molecule has 1 unspecified atom stereocenters. The smallest absolute Gasteiger partial charge is 0.123 e. The second kappa shape index (κ2) is 4.85. The number of allylic oxidation sites excluding steroid dienone is 4. The van der Waals surface area contributed by atoms with E-state index in [-0.39, 0.29) is 13.1 Å². The Morgan fingerprint density at radius 1 is 1.00 bits per heavy atom. The van der Waals surface area contributed by atoms with Crippen LogP contribution in [0, 0.1) is 0 Å². The molecule has 1 aliphatic carbocycles. The highest BCUT2D eigenvalue weighted by atomic mass is 31.1. The van der Waals surface area contributed by atoms with Gasteiger partial charge in [-0.3, -0.25) is 0 Å². The van der Waals surface area contributed by atoms with Crippen LogP contribution < -0.4 is 0 Å². The molecule has 0 aromatic rings. The Kier molecular flexibility index (Phi) is 3.89. The normalized spacial score (nSPS) is 25.8. The number of ether oxygens (including phenoxy) is 1. The van der Waals surface area contributed by atoms with E-state index >= 15 is 0 Å². The van der Waals surface area contributed by atoms with Crippen LogP contribution in [0.4, 0.5) is 0 Å². The van der Waals surface area contributed by atoms with Crippen LogP contribution in [-0.2, 0) is 4.74 Å². The van der Waals surface area contributed by atoms with Gasteiger partial charge in [0.25, 0.3) is 0 Å². The standard InChI is InChI=1S/C17H29OPSi/c1-10-18-15-16(20(7,8)9)19(15)17(6)13(4)11(2)12(3)14(17)5/h10H2,1-9H3. The third kappa shape index (κ3) is 2.07. The Morgan fingerprint density at radius 2 is 1.45 bits per heavy atom. The van der Waals surface area contributed by atoms with Gasteiger partial charge >= 0.3 is 0 Å². The zero-order chi connectivity index (χ0) is 15.5. The predicted molar refractivity (Wildman–Crippen MR) is 94.1 cm³/mol. The van der Waals surface area contributed by atoms with Gasteiger partial charge in [0.05, 0.1) is 14.7 Å². The van der Waals surface area contributed by atoms with Crippen molar-refractivity contribution in [3.05, 3.63) is 32.7 Å². The molecule has 0 aromatic heterocycles. The van der Waals surface area contributed by atoms with Gasteiger partial charge in [-0.15, -0.1) is 0 Å². The molecule has 3 heteroatoms. The van der Waals surface area contributed by atoms with Gasteiger partial charge in [0.2, 0.25) is 0 Å². The van der Waals surface area contributed by atoms with Crippen LogP contribution in [0.15, 0.2) is 32.7 Å². The molecule has 0 bridgehead atoms. The van der Waals surface area contributed by atoms with Crippen molar-refractivity contribution >= 4 is 16.0 Å². The molecule has 0 saturated heterocycles. The highest BCUT2D eigenvalue weighted by Crippen LogP contribution is 2.82. The lowest BCUT2D eigenvalue weighted by Gasteiger charge is -2.32. The maximum atomic E-state index is 6.05. The monoisotopic (exact) mass is 308 g/mol.